The highest BCUT2D eigenvalue weighted by Gasteiger charge is 2.48. The molecule has 20 heteroatoms. The maximum atomic E-state index is 11.9. The second kappa shape index (κ2) is 8.78. The van der Waals surface area contributed by atoms with Gasteiger partial charge in [-0.2, -0.15) is 8.62 Å². The number of nitrogens with two attached hydrogens (primary N) is 1. The molecule has 7 atom stereocenters. The number of nitrogens with zero attached hydrogens (tertiary/aromatic N) is 1. The van der Waals surface area contributed by atoms with Crippen molar-refractivity contribution in [3.05, 3.63) is 12.3 Å². The Labute approximate surface area is 162 Å². The summed E-state index contributed by atoms with van der Waals surface area (Å²) in [5.74, 6) is 0. The molecule has 0 bridgehead atoms. The zero-order valence-corrected chi connectivity index (χ0v) is 16.7. The van der Waals surface area contributed by atoms with E-state index in [0.29, 0.717) is 0 Å². The van der Waals surface area contributed by atoms with Crippen LogP contribution < -0.4 is 11.1 Å². The molecule has 3 unspecified atom stereocenters. The van der Waals surface area contributed by atoms with Gasteiger partial charge < -0.3 is 45.6 Å². The summed E-state index contributed by atoms with van der Waals surface area (Å²) < 4.78 is 50.1. The van der Waals surface area contributed by atoms with Crippen LogP contribution in [0.2, 0.25) is 0 Å². The molecule has 0 aromatic rings. The van der Waals surface area contributed by atoms with Crippen molar-refractivity contribution in [2.45, 2.75) is 30.7 Å². The van der Waals surface area contributed by atoms with Crippen LogP contribution in [0.25, 0.3) is 0 Å². The molecular formula is C9H18N3O14P3. The summed E-state index contributed by atoms with van der Waals surface area (Å²) in [6.45, 7) is -1.00. The fourth-order valence-electron chi connectivity index (χ4n) is 2.29. The first kappa shape index (κ1) is 24.5. The Kier molecular flexibility index (Phi) is 7.43. The van der Waals surface area contributed by atoms with Crippen LogP contribution in [0.4, 0.5) is 4.79 Å². The number of urea groups is 1. The van der Waals surface area contributed by atoms with E-state index in [9.17, 15) is 33.6 Å². The van der Waals surface area contributed by atoms with Crippen LogP contribution in [0.15, 0.2) is 12.3 Å². The van der Waals surface area contributed by atoms with E-state index in [-0.39, 0.29) is 0 Å². The number of ether oxygens (including phenoxy) is 1. The maximum Gasteiger partial charge on any atom is 0.490 e. The first-order valence-electron chi connectivity index (χ1n) is 7.43. The van der Waals surface area contributed by atoms with Gasteiger partial charge in [0.25, 0.3) is 0 Å². The van der Waals surface area contributed by atoms with Gasteiger partial charge in [-0.1, -0.05) is 0 Å². The summed E-state index contributed by atoms with van der Waals surface area (Å²) in [7, 11) is -16.7. The fraction of sp³-hybridized carbons (Fsp3) is 0.667. The average Bonchev–Trinajstić information content (AvgIpc) is 2.78. The molecule has 2 rings (SSSR count). The largest absolute Gasteiger partial charge is 0.490 e. The van der Waals surface area contributed by atoms with E-state index in [2.05, 4.69) is 18.5 Å². The van der Waals surface area contributed by atoms with Gasteiger partial charge in [0.2, 0.25) is 0 Å². The number of phosphoric acid groups is 3. The Bertz CT molecular complexity index is 800. The molecule has 0 spiro atoms. The first-order chi connectivity index (χ1) is 13.1. The molecule has 2 amide bonds. The van der Waals surface area contributed by atoms with Gasteiger partial charge in [0.1, 0.15) is 18.3 Å². The Balaban J connectivity index is 1.99. The van der Waals surface area contributed by atoms with Crippen molar-refractivity contribution in [1.29, 1.82) is 0 Å². The lowest BCUT2D eigenvalue weighted by Crippen LogP contribution is -2.55. The highest BCUT2D eigenvalue weighted by atomic mass is 31.3. The standard InChI is InChI=1S/C9H18N3O14P3/c10-5-1-2-12(9(15)11-5)8-7(14)6(13)4(24-8)3-23-28(19,20)26-29(21,22)25-27(16,17)18/h1-2,4-8,13-14H,3,10H2,(H,11,15)(H,19,20)(H,21,22)(H2,16,17,18)/t4-,5?,6-,7+,8-/m1/s1. The van der Waals surface area contributed by atoms with Crippen molar-refractivity contribution in [3.8, 4) is 0 Å². The number of amides is 2. The van der Waals surface area contributed by atoms with E-state index >= 15 is 0 Å². The number of carbonyl (C=O) groups excluding carboxylic acids is 1. The molecule has 2 aliphatic heterocycles. The van der Waals surface area contributed by atoms with E-state index < -0.39 is 66.8 Å². The van der Waals surface area contributed by atoms with Crippen LogP contribution in [0.3, 0.4) is 0 Å². The summed E-state index contributed by atoms with van der Waals surface area (Å²) in [6.07, 6.45) is -4.65. The number of hydrogen-bond acceptors (Lipinski definition) is 11. The summed E-state index contributed by atoms with van der Waals surface area (Å²) in [5.41, 5.74) is 5.47. The van der Waals surface area contributed by atoms with E-state index in [0.717, 1.165) is 4.90 Å². The lowest BCUT2D eigenvalue weighted by Gasteiger charge is -2.31. The average molecular weight is 485 g/mol. The summed E-state index contributed by atoms with van der Waals surface area (Å²) in [6, 6.07) is -0.773. The zero-order valence-electron chi connectivity index (χ0n) is 14.1. The van der Waals surface area contributed by atoms with Gasteiger partial charge in [-0.25, -0.2) is 18.5 Å². The van der Waals surface area contributed by atoms with Crippen LogP contribution in [-0.2, 0) is 31.6 Å². The quantitative estimate of drug-likeness (QED) is 0.167. The van der Waals surface area contributed by atoms with Crippen molar-refractivity contribution < 1.29 is 66.2 Å². The zero-order chi connectivity index (χ0) is 22.2. The third-order valence-electron chi connectivity index (χ3n) is 3.41. The van der Waals surface area contributed by atoms with Gasteiger partial charge in [0.05, 0.1) is 12.8 Å². The summed E-state index contributed by atoms with van der Waals surface area (Å²) in [4.78, 5) is 48.1. The molecule has 168 valence electrons. The molecule has 9 N–H and O–H groups in total. The number of hydrogen-bond donors (Lipinski definition) is 8. The number of aliphatic hydroxyl groups excluding tert-OH is 2. The Morgan fingerprint density at radius 1 is 1.10 bits per heavy atom. The highest BCUT2D eigenvalue weighted by Crippen LogP contribution is 2.66. The third kappa shape index (κ3) is 6.89. The molecule has 1 fully saturated rings. The predicted molar refractivity (Wildman–Crippen MR) is 88.0 cm³/mol. The fourth-order valence-corrected chi connectivity index (χ4v) is 5.32. The normalized spacial score (nSPS) is 34.5. The van der Waals surface area contributed by atoms with Crippen molar-refractivity contribution in [2.75, 3.05) is 6.61 Å². The van der Waals surface area contributed by atoms with Gasteiger partial charge >= 0.3 is 29.5 Å². The minimum Gasteiger partial charge on any atom is -0.387 e. The second-order valence-electron chi connectivity index (χ2n) is 5.66. The van der Waals surface area contributed by atoms with Gasteiger partial charge in [-0.3, -0.25) is 9.42 Å². The smallest absolute Gasteiger partial charge is 0.387 e. The summed E-state index contributed by atoms with van der Waals surface area (Å²) in [5, 5.41) is 22.3. The Morgan fingerprint density at radius 2 is 1.72 bits per heavy atom. The molecule has 17 nitrogen and oxygen atoms in total. The molecule has 0 aromatic carbocycles. The topological polar surface area (TPSA) is 268 Å². The molecule has 2 aliphatic rings. The molecule has 0 saturated carbocycles. The molecule has 0 aliphatic carbocycles. The maximum absolute atomic E-state index is 11.9. The monoisotopic (exact) mass is 485 g/mol. The van der Waals surface area contributed by atoms with E-state index in [1.54, 1.807) is 0 Å². The Hall–Kier alpha value is -0.740. The molecule has 0 aromatic heterocycles. The second-order valence-corrected chi connectivity index (χ2v) is 10.1. The van der Waals surface area contributed by atoms with Crippen molar-refractivity contribution in [1.82, 2.24) is 10.2 Å². The van der Waals surface area contributed by atoms with Crippen LogP contribution in [0, 0.1) is 0 Å². The lowest BCUT2D eigenvalue weighted by atomic mass is 10.1. The number of aliphatic hydroxyl groups is 2. The van der Waals surface area contributed by atoms with Crippen LogP contribution >= 0.6 is 23.5 Å². The molecule has 1 saturated heterocycles. The number of nitrogens with one attached hydrogen (secondary N) is 1. The molecule has 29 heavy (non-hydrogen) atoms. The van der Waals surface area contributed by atoms with Crippen LogP contribution in [0.1, 0.15) is 0 Å². The SMILES string of the molecule is NC1C=CN([C@@H]2O[C@H](COP(=O)(O)OP(=O)(O)OP(=O)(O)O)[C@@H](O)[C@@H]2O)C(=O)N1. The van der Waals surface area contributed by atoms with Crippen molar-refractivity contribution >= 4 is 29.5 Å². The molecular weight excluding hydrogens is 467 g/mol. The third-order valence-corrected chi connectivity index (χ3v) is 7.21. The van der Waals surface area contributed by atoms with E-state index in [1.165, 1.54) is 12.3 Å². The number of phosphoric ester groups is 1. The van der Waals surface area contributed by atoms with Gasteiger partial charge in [-0.15, -0.1) is 0 Å². The van der Waals surface area contributed by atoms with Crippen LogP contribution in [0.5, 0.6) is 0 Å². The predicted octanol–water partition coefficient (Wildman–Crippen LogP) is -2.40. The van der Waals surface area contributed by atoms with Crippen LogP contribution in [-0.4, -0.2) is 78.0 Å². The van der Waals surface area contributed by atoms with Crippen molar-refractivity contribution in [2.24, 2.45) is 5.73 Å². The summed E-state index contributed by atoms with van der Waals surface area (Å²) >= 11 is 0. The lowest BCUT2D eigenvalue weighted by molar-refractivity contribution is -0.0654. The minimum atomic E-state index is -5.71. The van der Waals surface area contributed by atoms with E-state index in [4.69, 9.17) is 25.2 Å². The first-order valence-corrected chi connectivity index (χ1v) is 11.9. The molecule has 0 radical (unpaired) electrons. The highest BCUT2D eigenvalue weighted by molar-refractivity contribution is 7.66. The van der Waals surface area contributed by atoms with E-state index in [1.807, 2.05) is 0 Å². The Morgan fingerprint density at radius 3 is 2.28 bits per heavy atom. The van der Waals surface area contributed by atoms with Gasteiger partial charge in [0, 0.05) is 6.20 Å². The van der Waals surface area contributed by atoms with Gasteiger partial charge in [-0.05, 0) is 6.08 Å². The minimum absolute atomic E-state index is 0.773. The van der Waals surface area contributed by atoms with Crippen molar-refractivity contribution in [3.63, 3.8) is 0 Å². The number of carbonyl (C=O) groups is 1. The van der Waals surface area contributed by atoms with Gasteiger partial charge in [0.15, 0.2) is 6.23 Å². The number of rotatable bonds is 8. The molecule has 2 heterocycles.